The molecule has 0 saturated heterocycles. The molecule has 5 rings (SSSR count). The van der Waals surface area contributed by atoms with Crippen LogP contribution >= 0.6 is 0 Å². The summed E-state index contributed by atoms with van der Waals surface area (Å²) < 4.78 is 42.0. The number of halogens is 3. The highest BCUT2D eigenvalue weighted by atomic mass is 19.1. The Bertz CT molecular complexity index is 1330. The molecule has 0 bridgehead atoms. The molecule has 0 atom stereocenters. The first-order valence-corrected chi connectivity index (χ1v) is 10.0. The first-order chi connectivity index (χ1) is 16.1. The lowest BCUT2D eigenvalue weighted by Gasteiger charge is -2.12. The van der Waals surface area contributed by atoms with Crippen molar-refractivity contribution >= 4 is 11.6 Å². The Balaban J connectivity index is 1.62. The quantitative estimate of drug-likeness (QED) is 0.354. The molecule has 0 amide bonds. The number of nitrogens with one attached hydrogen (secondary N) is 1. The second-order valence-electron chi connectivity index (χ2n) is 7.19. The molecule has 5 aromatic rings. The van der Waals surface area contributed by atoms with E-state index in [0.29, 0.717) is 40.0 Å². The number of rotatable bonds is 5. The van der Waals surface area contributed by atoms with Crippen molar-refractivity contribution < 1.29 is 13.2 Å². The Labute approximate surface area is 187 Å². The highest BCUT2D eigenvalue weighted by molar-refractivity contribution is 5.78. The fourth-order valence-electron chi connectivity index (χ4n) is 3.42. The second kappa shape index (κ2) is 8.58. The predicted molar refractivity (Wildman–Crippen MR) is 120 cm³/mol. The first kappa shape index (κ1) is 20.4. The Morgan fingerprint density at radius 3 is 1.94 bits per heavy atom. The maximum absolute atomic E-state index is 13.5. The molecule has 3 aromatic carbocycles. The maximum Gasteiger partial charge on any atom is 0.227 e. The number of benzene rings is 3. The molecule has 0 saturated carbocycles. The topological polar surface area (TPSA) is 55.6 Å². The van der Waals surface area contributed by atoms with Gasteiger partial charge in [0.25, 0.3) is 0 Å². The summed E-state index contributed by atoms with van der Waals surface area (Å²) in [6, 6.07) is 19.5. The van der Waals surface area contributed by atoms with Crippen molar-refractivity contribution in [1.82, 2.24) is 19.5 Å². The summed E-state index contributed by atoms with van der Waals surface area (Å²) in [5.74, 6) is -0.753. The monoisotopic (exact) mass is 443 g/mol. The standard InChI is InChI=1S/C25H16F3N5/c26-17-3-1-16(2-4-17)23-24(33(15-30-23)21-11-7-19(28)8-12-21)22-13-14-29-25(32-22)31-20-9-5-18(27)6-10-20/h1-15H,(H,29,31,32). The summed E-state index contributed by atoms with van der Waals surface area (Å²) in [7, 11) is 0. The zero-order valence-electron chi connectivity index (χ0n) is 17.1. The van der Waals surface area contributed by atoms with Gasteiger partial charge in [-0.15, -0.1) is 0 Å². The fourth-order valence-corrected chi connectivity index (χ4v) is 3.42. The molecular formula is C25H16F3N5. The summed E-state index contributed by atoms with van der Waals surface area (Å²) in [5, 5.41) is 3.05. The van der Waals surface area contributed by atoms with Crippen LogP contribution in [0.3, 0.4) is 0 Å². The van der Waals surface area contributed by atoms with Gasteiger partial charge in [0.05, 0.1) is 17.1 Å². The zero-order valence-corrected chi connectivity index (χ0v) is 17.1. The lowest BCUT2D eigenvalue weighted by molar-refractivity contribution is 0.627. The minimum Gasteiger partial charge on any atom is -0.324 e. The Hall–Kier alpha value is -4.46. The highest BCUT2D eigenvalue weighted by Gasteiger charge is 2.18. The zero-order chi connectivity index (χ0) is 22.8. The molecule has 2 heterocycles. The number of hydrogen-bond donors (Lipinski definition) is 1. The van der Waals surface area contributed by atoms with Gasteiger partial charge < -0.3 is 5.32 Å². The average molecular weight is 443 g/mol. The summed E-state index contributed by atoms with van der Waals surface area (Å²) >= 11 is 0. The van der Waals surface area contributed by atoms with E-state index in [1.165, 1.54) is 36.4 Å². The molecule has 0 aliphatic heterocycles. The predicted octanol–water partition coefficient (Wildman–Crippen LogP) is 6.16. The Kier molecular flexibility index (Phi) is 5.32. The molecule has 0 aliphatic rings. The van der Waals surface area contributed by atoms with Gasteiger partial charge in [0.1, 0.15) is 23.8 Å². The van der Waals surface area contributed by atoms with Gasteiger partial charge in [-0.05, 0) is 78.9 Å². The van der Waals surface area contributed by atoms with E-state index in [-0.39, 0.29) is 17.5 Å². The van der Waals surface area contributed by atoms with Gasteiger partial charge in [0.2, 0.25) is 5.95 Å². The van der Waals surface area contributed by atoms with E-state index in [1.807, 2.05) is 0 Å². The van der Waals surface area contributed by atoms with Crippen molar-refractivity contribution in [2.24, 2.45) is 0 Å². The molecule has 8 heteroatoms. The van der Waals surface area contributed by atoms with Crippen LogP contribution in [0.15, 0.2) is 91.4 Å². The largest absolute Gasteiger partial charge is 0.324 e. The van der Waals surface area contributed by atoms with Crippen molar-refractivity contribution in [3.05, 3.63) is 109 Å². The van der Waals surface area contributed by atoms with Crippen molar-refractivity contribution in [1.29, 1.82) is 0 Å². The smallest absolute Gasteiger partial charge is 0.227 e. The minimum atomic E-state index is -0.355. The molecule has 5 nitrogen and oxygen atoms in total. The van der Waals surface area contributed by atoms with Gasteiger partial charge in [0.15, 0.2) is 0 Å². The number of hydrogen-bond acceptors (Lipinski definition) is 4. The summed E-state index contributed by atoms with van der Waals surface area (Å²) in [6.07, 6.45) is 3.20. The van der Waals surface area contributed by atoms with Crippen LogP contribution in [0.1, 0.15) is 0 Å². The number of imidazole rings is 1. The van der Waals surface area contributed by atoms with Gasteiger partial charge in [-0.2, -0.15) is 0 Å². The van der Waals surface area contributed by atoms with Gasteiger partial charge in [-0.1, -0.05) is 0 Å². The Morgan fingerprint density at radius 1 is 0.667 bits per heavy atom. The van der Waals surface area contributed by atoms with Crippen molar-refractivity contribution in [3.8, 4) is 28.3 Å². The number of nitrogens with zero attached hydrogens (tertiary/aromatic N) is 4. The first-order valence-electron chi connectivity index (χ1n) is 10.0. The van der Waals surface area contributed by atoms with Crippen LogP contribution in [-0.4, -0.2) is 19.5 Å². The molecule has 0 fully saturated rings. The fraction of sp³-hybridized carbons (Fsp3) is 0. The molecule has 0 aliphatic carbocycles. The molecule has 0 spiro atoms. The van der Waals surface area contributed by atoms with Crippen molar-refractivity contribution in [2.45, 2.75) is 0 Å². The van der Waals surface area contributed by atoms with Gasteiger partial charge in [0, 0.05) is 23.1 Å². The van der Waals surface area contributed by atoms with Gasteiger partial charge in [-0.25, -0.2) is 28.1 Å². The number of anilines is 2. The van der Waals surface area contributed by atoms with E-state index >= 15 is 0 Å². The van der Waals surface area contributed by atoms with Crippen LogP contribution in [0.2, 0.25) is 0 Å². The highest BCUT2D eigenvalue weighted by Crippen LogP contribution is 2.33. The lowest BCUT2D eigenvalue weighted by Crippen LogP contribution is -2.02. The van der Waals surface area contributed by atoms with Crippen LogP contribution in [0.4, 0.5) is 24.8 Å². The SMILES string of the molecule is Fc1ccc(Nc2nccc(-c3c(-c4ccc(F)cc4)ncn3-c3ccc(F)cc3)n2)cc1. The van der Waals surface area contributed by atoms with E-state index in [2.05, 4.69) is 20.3 Å². The third-order valence-corrected chi connectivity index (χ3v) is 4.99. The van der Waals surface area contributed by atoms with Crippen molar-refractivity contribution in [2.75, 3.05) is 5.32 Å². The van der Waals surface area contributed by atoms with E-state index in [9.17, 15) is 13.2 Å². The molecule has 2 aromatic heterocycles. The van der Waals surface area contributed by atoms with Crippen LogP contribution in [0.5, 0.6) is 0 Å². The summed E-state index contributed by atoms with van der Waals surface area (Å²) in [4.78, 5) is 13.4. The summed E-state index contributed by atoms with van der Waals surface area (Å²) in [6.45, 7) is 0. The minimum absolute atomic E-state index is 0.302. The van der Waals surface area contributed by atoms with Crippen LogP contribution in [0, 0.1) is 17.5 Å². The molecular weight excluding hydrogens is 427 g/mol. The average Bonchev–Trinajstić information content (AvgIpc) is 3.27. The third kappa shape index (κ3) is 4.31. The molecule has 162 valence electrons. The van der Waals surface area contributed by atoms with E-state index in [4.69, 9.17) is 0 Å². The third-order valence-electron chi connectivity index (χ3n) is 4.99. The van der Waals surface area contributed by atoms with Crippen LogP contribution in [-0.2, 0) is 0 Å². The van der Waals surface area contributed by atoms with Crippen LogP contribution < -0.4 is 5.32 Å². The number of aromatic nitrogens is 4. The molecule has 33 heavy (non-hydrogen) atoms. The van der Waals surface area contributed by atoms with E-state index in [0.717, 1.165) is 0 Å². The normalized spacial score (nSPS) is 10.9. The Morgan fingerprint density at radius 2 is 1.27 bits per heavy atom. The van der Waals surface area contributed by atoms with Gasteiger partial charge in [-0.3, -0.25) is 4.57 Å². The molecule has 0 radical (unpaired) electrons. The van der Waals surface area contributed by atoms with E-state index in [1.54, 1.807) is 59.6 Å². The van der Waals surface area contributed by atoms with Crippen LogP contribution in [0.25, 0.3) is 28.3 Å². The molecule has 1 N–H and O–H groups in total. The maximum atomic E-state index is 13.5. The van der Waals surface area contributed by atoms with Gasteiger partial charge >= 0.3 is 0 Å². The van der Waals surface area contributed by atoms with E-state index < -0.39 is 0 Å². The lowest BCUT2D eigenvalue weighted by atomic mass is 10.1. The van der Waals surface area contributed by atoms with Crippen molar-refractivity contribution in [3.63, 3.8) is 0 Å². The molecule has 0 unspecified atom stereocenters. The summed E-state index contributed by atoms with van der Waals surface area (Å²) in [5.41, 5.74) is 3.73. The second-order valence-corrected chi connectivity index (χ2v) is 7.19.